The SMILES string of the molecule is CCCC(CCC)C(=O)OCC[N+](C)(C)C. The molecule has 0 amide bonds. The van der Waals surface area contributed by atoms with Crippen molar-refractivity contribution in [1.82, 2.24) is 0 Å². The largest absolute Gasteiger partial charge is 0.459 e. The molecule has 0 atom stereocenters. The fourth-order valence-corrected chi connectivity index (χ4v) is 1.61. The molecular formula is C13H28NO2+. The molecular weight excluding hydrogens is 202 g/mol. The Kier molecular flexibility index (Phi) is 7.39. The van der Waals surface area contributed by atoms with Crippen LogP contribution >= 0.6 is 0 Å². The van der Waals surface area contributed by atoms with Gasteiger partial charge in [-0.1, -0.05) is 26.7 Å². The van der Waals surface area contributed by atoms with Gasteiger partial charge >= 0.3 is 5.97 Å². The summed E-state index contributed by atoms with van der Waals surface area (Å²) < 4.78 is 6.16. The summed E-state index contributed by atoms with van der Waals surface area (Å²) in [5, 5.41) is 0. The second-order valence-electron chi connectivity index (χ2n) is 5.46. The van der Waals surface area contributed by atoms with Crippen LogP contribution in [0.5, 0.6) is 0 Å². The molecule has 0 rings (SSSR count). The first-order valence-corrected chi connectivity index (χ1v) is 6.37. The Hall–Kier alpha value is -0.570. The Morgan fingerprint density at radius 3 is 2.00 bits per heavy atom. The van der Waals surface area contributed by atoms with Gasteiger partial charge in [0.2, 0.25) is 0 Å². The predicted octanol–water partition coefficient (Wildman–Crippen LogP) is 2.45. The molecule has 0 saturated carbocycles. The van der Waals surface area contributed by atoms with Gasteiger partial charge in [0.15, 0.2) is 0 Å². The highest BCUT2D eigenvalue weighted by Crippen LogP contribution is 2.15. The topological polar surface area (TPSA) is 26.3 Å². The third kappa shape index (κ3) is 7.69. The molecule has 0 aromatic heterocycles. The normalized spacial score (nSPS) is 11.9. The summed E-state index contributed by atoms with van der Waals surface area (Å²) >= 11 is 0. The lowest BCUT2D eigenvalue weighted by molar-refractivity contribution is -0.870. The van der Waals surface area contributed by atoms with E-state index >= 15 is 0 Å². The maximum Gasteiger partial charge on any atom is 0.309 e. The van der Waals surface area contributed by atoms with Crippen LogP contribution < -0.4 is 0 Å². The second kappa shape index (κ2) is 7.66. The van der Waals surface area contributed by atoms with Gasteiger partial charge < -0.3 is 9.22 Å². The molecule has 0 heterocycles. The van der Waals surface area contributed by atoms with Crippen LogP contribution in [0.2, 0.25) is 0 Å². The van der Waals surface area contributed by atoms with E-state index in [9.17, 15) is 4.79 Å². The van der Waals surface area contributed by atoms with Gasteiger partial charge in [0, 0.05) is 0 Å². The van der Waals surface area contributed by atoms with Crippen LogP contribution in [0.25, 0.3) is 0 Å². The molecule has 16 heavy (non-hydrogen) atoms. The number of nitrogens with zero attached hydrogens (tertiary/aromatic N) is 1. The van der Waals surface area contributed by atoms with Gasteiger partial charge in [-0.2, -0.15) is 0 Å². The number of hydrogen-bond donors (Lipinski definition) is 0. The van der Waals surface area contributed by atoms with E-state index in [1.807, 2.05) is 0 Å². The summed E-state index contributed by atoms with van der Waals surface area (Å²) in [7, 11) is 6.30. The summed E-state index contributed by atoms with van der Waals surface area (Å²) in [5.41, 5.74) is 0. The monoisotopic (exact) mass is 230 g/mol. The number of ether oxygens (including phenoxy) is 1. The van der Waals surface area contributed by atoms with Crippen molar-refractivity contribution in [1.29, 1.82) is 0 Å². The van der Waals surface area contributed by atoms with E-state index in [4.69, 9.17) is 4.74 Å². The standard InChI is InChI=1S/C13H28NO2/c1-6-8-12(9-7-2)13(15)16-11-10-14(3,4)5/h12H,6-11H2,1-5H3/q+1. The number of esters is 1. The second-order valence-corrected chi connectivity index (χ2v) is 5.46. The molecule has 0 aliphatic carbocycles. The van der Waals surface area contributed by atoms with Crippen LogP contribution in [0.4, 0.5) is 0 Å². The highest BCUT2D eigenvalue weighted by molar-refractivity contribution is 5.72. The molecule has 0 bridgehead atoms. The molecule has 3 heteroatoms. The zero-order chi connectivity index (χ0) is 12.6. The van der Waals surface area contributed by atoms with Crippen LogP contribution in [-0.2, 0) is 9.53 Å². The van der Waals surface area contributed by atoms with E-state index in [0.717, 1.165) is 36.7 Å². The summed E-state index contributed by atoms with van der Waals surface area (Å²) in [6.45, 7) is 5.63. The Balaban J connectivity index is 3.91. The third-order valence-corrected chi connectivity index (χ3v) is 2.61. The molecule has 96 valence electrons. The summed E-state index contributed by atoms with van der Waals surface area (Å²) in [5.74, 6) is 0.111. The van der Waals surface area contributed by atoms with Gasteiger partial charge in [-0.3, -0.25) is 4.79 Å². The maximum atomic E-state index is 11.8. The molecule has 0 aromatic rings. The number of hydrogen-bond acceptors (Lipinski definition) is 2. The minimum atomic E-state index is -0.00264. The molecule has 0 radical (unpaired) electrons. The Labute approximate surface area is 100 Å². The minimum Gasteiger partial charge on any atom is -0.459 e. The van der Waals surface area contributed by atoms with Gasteiger partial charge in [0.05, 0.1) is 27.1 Å². The molecule has 0 saturated heterocycles. The molecule has 0 unspecified atom stereocenters. The Morgan fingerprint density at radius 1 is 1.12 bits per heavy atom. The summed E-state index contributed by atoms with van der Waals surface area (Å²) in [6, 6.07) is 0. The highest BCUT2D eigenvalue weighted by Gasteiger charge is 2.18. The van der Waals surface area contributed by atoms with E-state index in [1.165, 1.54) is 0 Å². The van der Waals surface area contributed by atoms with Crippen molar-refractivity contribution in [3.05, 3.63) is 0 Å². The highest BCUT2D eigenvalue weighted by atomic mass is 16.5. The quantitative estimate of drug-likeness (QED) is 0.473. The number of likely N-dealkylation sites (N-methyl/N-ethyl adjacent to an activating group) is 1. The lowest BCUT2D eigenvalue weighted by Crippen LogP contribution is -2.38. The van der Waals surface area contributed by atoms with E-state index < -0.39 is 0 Å². The van der Waals surface area contributed by atoms with Crippen molar-refractivity contribution in [3.8, 4) is 0 Å². The maximum absolute atomic E-state index is 11.8. The zero-order valence-electron chi connectivity index (χ0n) is 11.6. The van der Waals surface area contributed by atoms with Crippen LogP contribution in [0.1, 0.15) is 39.5 Å². The van der Waals surface area contributed by atoms with Gasteiger partial charge in [0.1, 0.15) is 13.2 Å². The van der Waals surface area contributed by atoms with Crippen molar-refractivity contribution in [2.75, 3.05) is 34.3 Å². The first-order chi connectivity index (χ1) is 7.40. The fourth-order valence-electron chi connectivity index (χ4n) is 1.61. The van der Waals surface area contributed by atoms with Gasteiger partial charge in [-0.05, 0) is 12.8 Å². The van der Waals surface area contributed by atoms with E-state index in [-0.39, 0.29) is 11.9 Å². The van der Waals surface area contributed by atoms with Crippen LogP contribution in [-0.4, -0.2) is 44.7 Å². The lowest BCUT2D eigenvalue weighted by atomic mass is 9.99. The molecule has 0 aliphatic heterocycles. The molecule has 0 aromatic carbocycles. The third-order valence-electron chi connectivity index (χ3n) is 2.61. The zero-order valence-corrected chi connectivity index (χ0v) is 11.6. The van der Waals surface area contributed by atoms with Crippen LogP contribution in [0.15, 0.2) is 0 Å². The number of carbonyl (C=O) groups is 1. The van der Waals surface area contributed by atoms with Crippen molar-refractivity contribution in [2.24, 2.45) is 5.92 Å². The average Bonchev–Trinajstić information content (AvgIpc) is 2.15. The van der Waals surface area contributed by atoms with E-state index in [2.05, 4.69) is 35.0 Å². The molecule has 0 N–H and O–H groups in total. The molecule has 0 spiro atoms. The van der Waals surface area contributed by atoms with Crippen LogP contribution in [0, 0.1) is 5.92 Å². The van der Waals surface area contributed by atoms with Crippen LogP contribution in [0.3, 0.4) is 0 Å². The van der Waals surface area contributed by atoms with E-state index in [1.54, 1.807) is 0 Å². The predicted molar refractivity (Wildman–Crippen MR) is 67.2 cm³/mol. The summed E-state index contributed by atoms with van der Waals surface area (Å²) in [4.78, 5) is 11.8. The van der Waals surface area contributed by atoms with Gasteiger partial charge in [-0.15, -0.1) is 0 Å². The Bertz CT molecular complexity index is 191. The summed E-state index contributed by atoms with van der Waals surface area (Å²) in [6.07, 6.45) is 4.01. The Morgan fingerprint density at radius 2 is 1.62 bits per heavy atom. The molecule has 3 nitrogen and oxygen atoms in total. The fraction of sp³-hybridized carbons (Fsp3) is 0.923. The van der Waals surface area contributed by atoms with Crippen molar-refractivity contribution >= 4 is 5.97 Å². The van der Waals surface area contributed by atoms with Gasteiger partial charge in [-0.25, -0.2) is 0 Å². The average molecular weight is 230 g/mol. The molecule has 0 fully saturated rings. The van der Waals surface area contributed by atoms with E-state index in [0.29, 0.717) is 6.61 Å². The minimum absolute atomic E-state index is 0.00264. The van der Waals surface area contributed by atoms with Crippen molar-refractivity contribution in [3.63, 3.8) is 0 Å². The number of quaternary nitrogens is 1. The smallest absolute Gasteiger partial charge is 0.309 e. The van der Waals surface area contributed by atoms with Crippen molar-refractivity contribution in [2.45, 2.75) is 39.5 Å². The first-order valence-electron chi connectivity index (χ1n) is 6.37. The number of carbonyl (C=O) groups excluding carboxylic acids is 1. The van der Waals surface area contributed by atoms with Gasteiger partial charge in [0.25, 0.3) is 0 Å². The lowest BCUT2D eigenvalue weighted by Gasteiger charge is -2.24. The molecule has 0 aliphatic rings. The van der Waals surface area contributed by atoms with Crippen molar-refractivity contribution < 1.29 is 14.0 Å². The number of rotatable bonds is 8. The first kappa shape index (κ1) is 15.4.